The van der Waals surface area contributed by atoms with Gasteiger partial charge in [0.1, 0.15) is 11.9 Å². The minimum absolute atomic E-state index is 0.574. The van der Waals surface area contributed by atoms with Crippen molar-refractivity contribution in [3.63, 3.8) is 0 Å². The first-order chi connectivity index (χ1) is 10.4. The van der Waals surface area contributed by atoms with Crippen LogP contribution in [0.25, 0.3) is 11.0 Å². The van der Waals surface area contributed by atoms with Crippen LogP contribution in [-0.2, 0) is 6.54 Å². The number of pyridine rings is 1. The first kappa shape index (κ1) is 13.1. The normalized spacial score (nSPS) is 10.4. The number of aromatic nitrogens is 3. The molecule has 5 nitrogen and oxygen atoms in total. The molecule has 0 bridgehead atoms. The van der Waals surface area contributed by atoms with Crippen LogP contribution in [0, 0.1) is 11.3 Å². The molecule has 0 atom stereocenters. The number of para-hydroxylation sites is 2. The van der Waals surface area contributed by atoms with Crippen LogP contribution in [0.15, 0.2) is 48.9 Å². The van der Waals surface area contributed by atoms with Crippen LogP contribution in [0.4, 0.5) is 5.82 Å². The van der Waals surface area contributed by atoms with E-state index in [4.69, 9.17) is 5.26 Å². The van der Waals surface area contributed by atoms with Gasteiger partial charge in [-0.2, -0.15) is 5.26 Å². The number of hydrogen-bond acceptors (Lipinski definition) is 4. The van der Waals surface area contributed by atoms with Gasteiger partial charge in [-0.1, -0.05) is 12.1 Å². The number of nitrogens with zero attached hydrogens (tertiary/aromatic N) is 4. The lowest BCUT2D eigenvalue weighted by Crippen LogP contribution is -2.07. The van der Waals surface area contributed by atoms with Crippen LogP contribution < -0.4 is 5.32 Å². The highest BCUT2D eigenvalue weighted by Crippen LogP contribution is 2.12. The first-order valence-corrected chi connectivity index (χ1v) is 6.87. The highest BCUT2D eigenvalue weighted by molar-refractivity contribution is 5.74. The van der Waals surface area contributed by atoms with Crippen molar-refractivity contribution in [1.29, 1.82) is 5.26 Å². The highest BCUT2D eigenvalue weighted by Gasteiger charge is 2.01. The Morgan fingerprint density at radius 2 is 2.05 bits per heavy atom. The summed E-state index contributed by atoms with van der Waals surface area (Å²) in [5.74, 6) is 0.796. The van der Waals surface area contributed by atoms with Crippen molar-refractivity contribution in [3.05, 3.63) is 54.5 Å². The van der Waals surface area contributed by atoms with Gasteiger partial charge in [-0.15, -0.1) is 0 Å². The number of imidazole rings is 1. The minimum Gasteiger partial charge on any atom is -0.370 e. The maximum Gasteiger partial charge on any atom is 0.125 e. The molecule has 2 aromatic heterocycles. The average Bonchev–Trinajstić information content (AvgIpc) is 2.95. The number of benzene rings is 1. The van der Waals surface area contributed by atoms with E-state index in [-0.39, 0.29) is 0 Å². The molecular weight excluding hydrogens is 262 g/mol. The third-order valence-corrected chi connectivity index (χ3v) is 3.30. The minimum atomic E-state index is 0.574. The second kappa shape index (κ2) is 6.06. The summed E-state index contributed by atoms with van der Waals surface area (Å²) in [5, 5.41) is 12.0. The van der Waals surface area contributed by atoms with Gasteiger partial charge in [0, 0.05) is 19.3 Å². The Balaban J connectivity index is 1.53. The number of nitrogens with one attached hydrogen (secondary N) is 1. The molecule has 3 rings (SSSR count). The molecule has 0 amide bonds. The van der Waals surface area contributed by atoms with Gasteiger partial charge in [-0.3, -0.25) is 0 Å². The topological polar surface area (TPSA) is 66.5 Å². The predicted molar refractivity (Wildman–Crippen MR) is 81.8 cm³/mol. The molecule has 0 fully saturated rings. The van der Waals surface area contributed by atoms with Crippen LogP contribution in [0.2, 0.25) is 0 Å². The summed E-state index contributed by atoms with van der Waals surface area (Å²) in [6, 6.07) is 13.8. The molecule has 0 aliphatic carbocycles. The van der Waals surface area contributed by atoms with Crippen molar-refractivity contribution in [3.8, 4) is 6.07 Å². The Hall–Kier alpha value is -2.87. The van der Waals surface area contributed by atoms with E-state index in [1.54, 1.807) is 12.3 Å². The van der Waals surface area contributed by atoms with Crippen LogP contribution in [0.5, 0.6) is 0 Å². The van der Waals surface area contributed by atoms with Gasteiger partial charge in [0.2, 0.25) is 0 Å². The lowest BCUT2D eigenvalue weighted by Gasteiger charge is -2.06. The van der Waals surface area contributed by atoms with Crippen LogP contribution in [0.3, 0.4) is 0 Å². The molecule has 0 aliphatic heterocycles. The predicted octanol–water partition coefficient (Wildman–Crippen LogP) is 2.81. The number of anilines is 1. The molecule has 0 saturated carbocycles. The van der Waals surface area contributed by atoms with E-state index in [1.165, 1.54) is 0 Å². The van der Waals surface area contributed by atoms with E-state index in [0.29, 0.717) is 5.56 Å². The van der Waals surface area contributed by atoms with Gasteiger partial charge in [-0.05, 0) is 30.7 Å². The molecule has 0 saturated heterocycles. The molecular formula is C16H15N5. The molecule has 2 heterocycles. The quantitative estimate of drug-likeness (QED) is 0.728. The highest BCUT2D eigenvalue weighted by atomic mass is 15.0. The molecule has 104 valence electrons. The molecule has 1 aromatic carbocycles. The summed E-state index contributed by atoms with van der Waals surface area (Å²) in [6.45, 7) is 1.73. The Morgan fingerprint density at radius 3 is 2.86 bits per heavy atom. The maximum atomic E-state index is 8.72. The fourth-order valence-electron chi connectivity index (χ4n) is 2.22. The summed E-state index contributed by atoms with van der Waals surface area (Å²) in [4.78, 5) is 8.56. The van der Waals surface area contributed by atoms with Crippen LogP contribution in [0.1, 0.15) is 12.0 Å². The average molecular weight is 277 g/mol. The van der Waals surface area contributed by atoms with E-state index in [0.717, 1.165) is 36.4 Å². The number of rotatable bonds is 5. The molecule has 0 unspecified atom stereocenters. The third-order valence-electron chi connectivity index (χ3n) is 3.30. The Bertz CT molecular complexity index is 767. The Kier molecular flexibility index (Phi) is 3.79. The van der Waals surface area contributed by atoms with Gasteiger partial charge in [0.05, 0.1) is 22.9 Å². The van der Waals surface area contributed by atoms with Crippen LogP contribution >= 0.6 is 0 Å². The van der Waals surface area contributed by atoms with Crippen molar-refractivity contribution in [1.82, 2.24) is 14.5 Å². The monoisotopic (exact) mass is 277 g/mol. The standard InChI is InChI=1S/C16H15N5/c17-10-13-6-7-16(19-11-13)18-8-3-9-21-12-20-14-4-1-2-5-15(14)21/h1-2,4-7,11-12H,3,8-9H2,(H,18,19). The van der Waals surface area contributed by atoms with Gasteiger partial charge in [0.15, 0.2) is 0 Å². The molecule has 0 spiro atoms. The summed E-state index contributed by atoms with van der Waals surface area (Å²) >= 11 is 0. The Labute approximate surface area is 122 Å². The smallest absolute Gasteiger partial charge is 0.125 e. The number of aryl methyl sites for hydroxylation is 1. The zero-order chi connectivity index (χ0) is 14.5. The van der Waals surface area contributed by atoms with Crippen molar-refractivity contribution < 1.29 is 0 Å². The van der Waals surface area contributed by atoms with Crippen molar-refractivity contribution >= 4 is 16.9 Å². The summed E-state index contributed by atoms with van der Waals surface area (Å²) in [5.41, 5.74) is 2.76. The van der Waals surface area contributed by atoms with E-state index in [2.05, 4.69) is 32.0 Å². The fourth-order valence-corrected chi connectivity index (χ4v) is 2.22. The number of fused-ring (bicyclic) bond motifs is 1. The lowest BCUT2D eigenvalue weighted by atomic mass is 10.3. The lowest BCUT2D eigenvalue weighted by molar-refractivity contribution is 0.677. The second-order valence-electron chi connectivity index (χ2n) is 4.75. The zero-order valence-electron chi connectivity index (χ0n) is 11.5. The van der Waals surface area contributed by atoms with Crippen molar-refractivity contribution in [2.45, 2.75) is 13.0 Å². The molecule has 3 aromatic rings. The fraction of sp³-hybridized carbons (Fsp3) is 0.188. The van der Waals surface area contributed by atoms with Gasteiger partial charge in [-0.25, -0.2) is 9.97 Å². The summed E-state index contributed by atoms with van der Waals surface area (Å²) in [6.07, 6.45) is 4.43. The van der Waals surface area contributed by atoms with E-state index < -0.39 is 0 Å². The van der Waals surface area contributed by atoms with Crippen LogP contribution in [-0.4, -0.2) is 21.1 Å². The molecule has 21 heavy (non-hydrogen) atoms. The second-order valence-corrected chi connectivity index (χ2v) is 4.75. The molecule has 0 aliphatic rings. The van der Waals surface area contributed by atoms with E-state index in [1.807, 2.05) is 30.6 Å². The number of nitriles is 1. The van der Waals surface area contributed by atoms with Gasteiger partial charge < -0.3 is 9.88 Å². The third kappa shape index (κ3) is 3.00. The Morgan fingerprint density at radius 1 is 1.14 bits per heavy atom. The van der Waals surface area contributed by atoms with Crippen molar-refractivity contribution in [2.75, 3.05) is 11.9 Å². The maximum absolute atomic E-state index is 8.72. The molecule has 0 radical (unpaired) electrons. The van der Waals surface area contributed by atoms with Crippen molar-refractivity contribution in [2.24, 2.45) is 0 Å². The first-order valence-electron chi connectivity index (χ1n) is 6.87. The largest absolute Gasteiger partial charge is 0.370 e. The van der Waals surface area contributed by atoms with Gasteiger partial charge >= 0.3 is 0 Å². The van der Waals surface area contributed by atoms with E-state index in [9.17, 15) is 0 Å². The zero-order valence-corrected chi connectivity index (χ0v) is 11.5. The molecule has 1 N–H and O–H groups in total. The molecule has 5 heteroatoms. The SMILES string of the molecule is N#Cc1ccc(NCCCn2cnc3ccccc32)nc1. The summed E-state index contributed by atoms with van der Waals surface area (Å²) < 4.78 is 2.16. The van der Waals surface area contributed by atoms with Gasteiger partial charge in [0.25, 0.3) is 0 Å². The van der Waals surface area contributed by atoms with E-state index >= 15 is 0 Å². The number of hydrogen-bond donors (Lipinski definition) is 1. The summed E-state index contributed by atoms with van der Waals surface area (Å²) in [7, 11) is 0.